The lowest BCUT2D eigenvalue weighted by Gasteiger charge is -2.15. The highest BCUT2D eigenvalue weighted by molar-refractivity contribution is 5.77. The molecule has 1 unspecified atom stereocenters. The van der Waals surface area contributed by atoms with Gasteiger partial charge in [0.05, 0.1) is 7.11 Å². The normalized spacial score (nSPS) is 12.5. The van der Waals surface area contributed by atoms with Crippen LogP contribution in [0.1, 0.15) is 25.8 Å². The molecule has 1 aromatic carbocycles. The van der Waals surface area contributed by atoms with Crippen LogP contribution >= 0.6 is 0 Å². The van der Waals surface area contributed by atoms with Gasteiger partial charge in [-0.1, -0.05) is 26.0 Å². The number of benzene rings is 1. The topological polar surface area (TPSA) is 52.3 Å². The van der Waals surface area contributed by atoms with E-state index in [2.05, 4.69) is 13.8 Å². The standard InChI is InChI=1S/C14H21NO2/c1-10(2)8-12(14(15)16)9-11-4-6-13(17-3)7-5-11/h4-7,10,12H,8-9H2,1-3H3,(H2,15,16). The second-order valence-corrected chi connectivity index (χ2v) is 4.78. The summed E-state index contributed by atoms with van der Waals surface area (Å²) in [5, 5.41) is 0. The molecule has 3 nitrogen and oxygen atoms in total. The summed E-state index contributed by atoms with van der Waals surface area (Å²) in [6.45, 7) is 4.20. The maximum atomic E-state index is 11.4. The zero-order valence-corrected chi connectivity index (χ0v) is 10.8. The monoisotopic (exact) mass is 235 g/mol. The number of hydrogen-bond acceptors (Lipinski definition) is 2. The minimum atomic E-state index is -0.213. The number of nitrogens with two attached hydrogens (primary N) is 1. The Morgan fingerprint density at radius 2 is 1.88 bits per heavy atom. The van der Waals surface area contributed by atoms with Crippen LogP contribution < -0.4 is 10.5 Å². The van der Waals surface area contributed by atoms with Crippen LogP contribution in [0.5, 0.6) is 5.75 Å². The SMILES string of the molecule is COc1ccc(CC(CC(C)C)C(N)=O)cc1. The van der Waals surface area contributed by atoms with Crippen LogP contribution in [0.2, 0.25) is 0 Å². The lowest BCUT2D eigenvalue weighted by Crippen LogP contribution is -2.26. The molecular weight excluding hydrogens is 214 g/mol. The van der Waals surface area contributed by atoms with E-state index in [1.807, 2.05) is 24.3 Å². The van der Waals surface area contributed by atoms with Gasteiger partial charge in [0.15, 0.2) is 0 Å². The van der Waals surface area contributed by atoms with Gasteiger partial charge >= 0.3 is 0 Å². The second-order valence-electron chi connectivity index (χ2n) is 4.78. The maximum Gasteiger partial charge on any atom is 0.220 e. The molecule has 0 heterocycles. The summed E-state index contributed by atoms with van der Waals surface area (Å²) in [6.07, 6.45) is 1.54. The maximum absolute atomic E-state index is 11.4. The van der Waals surface area contributed by atoms with Gasteiger partial charge in [0, 0.05) is 5.92 Å². The molecule has 0 bridgehead atoms. The molecule has 1 amide bonds. The zero-order chi connectivity index (χ0) is 12.8. The van der Waals surface area contributed by atoms with Gasteiger partial charge in [0.2, 0.25) is 5.91 Å². The van der Waals surface area contributed by atoms with Gasteiger partial charge < -0.3 is 10.5 Å². The van der Waals surface area contributed by atoms with Gasteiger partial charge in [-0.3, -0.25) is 4.79 Å². The van der Waals surface area contributed by atoms with Crippen LogP contribution in [0.4, 0.5) is 0 Å². The van der Waals surface area contributed by atoms with E-state index in [1.54, 1.807) is 7.11 Å². The van der Waals surface area contributed by atoms with Crippen molar-refractivity contribution < 1.29 is 9.53 Å². The third kappa shape index (κ3) is 4.47. The number of primary amides is 1. The van der Waals surface area contributed by atoms with Crippen LogP contribution in [0.25, 0.3) is 0 Å². The first-order valence-electron chi connectivity index (χ1n) is 5.95. The fourth-order valence-corrected chi connectivity index (χ4v) is 1.92. The van der Waals surface area contributed by atoms with Gasteiger partial charge in [-0.2, -0.15) is 0 Å². The van der Waals surface area contributed by atoms with Crippen molar-refractivity contribution in [2.75, 3.05) is 7.11 Å². The van der Waals surface area contributed by atoms with Crippen molar-refractivity contribution in [2.24, 2.45) is 17.6 Å². The molecule has 0 aliphatic carbocycles. The van der Waals surface area contributed by atoms with Gasteiger partial charge in [-0.25, -0.2) is 0 Å². The van der Waals surface area contributed by atoms with Crippen molar-refractivity contribution in [1.29, 1.82) is 0 Å². The van der Waals surface area contributed by atoms with E-state index < -0.39 is 0 Å². The number of carbonyl (C=O) groups excluding carboxylic acids is 1. The fraction of sp³-hybridized carbons (Fsp3) is 0.500. The van der Waals surface area contributed by atoms with Crippen molar-refractivity contribution >= 4 is 5.91 Å². The highest BCUT2D eigenvalue weighted by Crippen LogP contribution is 2.19. The molecule has 0 aromatic heterocycles. The molecule has 0 aliphatic heterocycles. The Labute approximate surface area is 103 Å². The lowest BCUT2D eigenvalue weighted by molar-refractivity contribution is -0.122. The Kier molecular flexibility index (Phi) is 5.01. The molecule has 2 N–H and O–H groups in total. The second kappa shape index (κ2) is 6.28. The van der Waals surface area contributed by atoms with E-state index in [0.717, 1.165) is 17.7 Å². The Hall–Kier alpha value is -1.51. The molecule has 0 saturated heterocycles. The van der Waals surface area contributed by atoms with Gasteiger partial charge in [0.1, 0.15) is 5.75 Å². The Morgan fingerprint density at radius 1 is 1.29 bits per heavy atom. The predicted octanol–water partition coefficient (Wildman–Crippen LogP) is 2.39. The van der Waals surface area contributed by atoms with Crippen LogP contribution in [0.15, 0.2) is 24.3 Å². The Morgan fingerprint density at radius 3 is 2.29 bits per heavy atom. The third-order valence-corrected chi connectivity index (χ3v) is 2.80. The first-order chi connectivity index (χ1) is 8.02. The van der Waals surface area contributed by atoms with Crippen LogP contribution in [-0.2, 0) is 11.2 Å². The number of rotatable bonds is 6. The van der Waals surface area contributed by atoms with E-state index in [4.69, 9.17) is 10.5 Å². The summed E-state index contributed by atoms with van der Waals surface area (Å²) in [6, 6.07) is 7.77. The molecular formula is C14H21NO2. The molecule has 94 valence electrons. The van der Waals surface area contributed by atoms with Gasteiger partial charge in [0.25, 0.3) is 0 Å². The molecule has 0 fully saturated rings. The van der Waals surface area contributed by atoms with Gasteiger partial charge in [-0.15, -0.1) is 0 Å². The van der Waals surface area contributed by atoms with Gasteiger partial charge in [-0.05, 0) is 36.5 Å². The van der Waals surface area contributed by atoms with E-state index in [9.17, 15) is 4.79 Å². The first-order valence-corrected chi connectivity index (χ1v) is 5.95. The lowest BCUT2D eigenvalue weighted by atomic mass is 9.90. The van der Waals surface area contributed by atoms with E-state index in [-0.39, 0.29) is 11.8 Å². The van der Waals surface area contributed by atoms with Crippen molar-refractivity contribution in [1.82, 2.24) is 0 Å². The van der Waals surface area contributed by atoms with E-state index >= 15 is 0 Å². The molecule has 1 atom stereocenters. The largest absolute Gasteiger partial charge is 0.497 e. The average molecular weight is 235 g/mol. The number of carbonyl (C=O) groups is 1. The summed E-state index contributed by atoms with van der Waals surface area (Å²) in [5.41, 5.74) is 6.55. The summed E-state index contributed by atoms with van der Waals surface area (Å²) in [5.74, 6) is 1.01. The van der Waals surface area contributed by atoms with E-state index in [0.29, 0.717) is 12.3 Å². The zero-order valence-electron chi connectivity index (χ0n) is 10.8. The summed E-state index contributed by atoms with van der Waals surface area (Å²) in [7, 11) is 1.64. The summed E-state index contributed by atoms with van der Waals surface area (Å²) < 4.78 is 5.09. The first kappa shape index (κ1) is 13.6. The number of methoxy groups -OCH3 is 1. The third-order valence-electron chi connectivity index (χ3n) is 2.80. The molecule has 0 saturated carbocycles. The molecule has 3 heteroatoms. The Bertz CT molecular complexity index is 357. The highest BCUT2D eigenvalue weighted by Gasteiger charge is 2.17. The van der Waals surface area contributed by atoms with E-state index in [1.165, 1.54) is 0 Å². The molecule has 0 aliphatic rings. The van der Waals surface area contributed by atoms with Crippen LogP contribution in [0.3, 0.4) is 0 Å². The Balaban J connectivity index is 2.68. The smallest absolute Gasteiger partial charge is 0.220 e. The summed E-state index contributed by atoms with van der Waals surface area (Å²) in [4.78, 5) is 11.4. The molecule has 1 aromatic rings. The molecule has 1 rings (SSSR count). The number of amides is 1. The molecule has 0 spiro atoms. The summed E-state index contributed by atoms with van der Waals surface area (Å²) >= 11 is 0. The van der Waals surface area contributed by atoms with Crippen molar-refractivity contribution in [2.45, 2.75) is 26.7 Å². The fourth-order valence-electron chi connectivity index (χ4n) is 1.92. The highest BCUT2D eigenvalue weighted by atomic mass is 16.5. The van der Waals surface area contributed by atoms with Crippen molar-refractivity contribution in [3.05, 3.63) is 29.8 Å². The number of ether oxygens (including phenoxy) is 1. The van der Waals surface area contributed by atoms with Crippen LogP contribution in [0, 0.1) is 11.8 Å². The number of hydrogen-bond donors (Lipinski definition) is 1. The van der Waals surface area contributed by atoms with Crippen LogP contribution in [-0.4, -0.2) is 13.0 Å². The average Bonchev–Trinajstić information content (AvgIpc) is 2.28. The minimum absolute atomic E-state index is 0.0802. The van der Waals surface area contributed by atoms with Crippen molar-refractivity contribution in [3.63, 3.8) is 0 Å². The molecule has 0 radical (unpaired) electrons. The van der Waals surface area contributed by atoms with Crippen molar-refractivity contribution in [3.8, 4) is 5.75 Å². The molecule has 17 heavy (non-hydrogen) atoms. The predicted molar refractivity (Wildman–Crippen MR) is 68.8 cm³/mol. The quantitative estimate of drug-likeness (QED) is 0.823. The minimum Gasteiger partial charge on any atom is -0.497 e.